The summed E-state index contributed by atoms with van der Waals surface area (Å²) >= 11 is 0. The van der Waals surface area contributed by atoms with Crippen molar-refractivity contribution >= 4 is 11.9 Å². The van der Waals surface area contributed by atoms with E-state index in [1.165, 1.54) is 7.11 Å². The zero-order valence-electron chi connectivity index (χ0n) is 11.1. The fourth-order valence-electron chi connectivity index (χ4n) is 1.61. The first-order valence-corrected chi connectivity index (χ1v) is 5.79. The van der Waals surface area contributed by atoms with Crippen LogP contribution in [0.1, 0.15) is 19.5 Å². The quantitative estimate of drug-likeness (QED) is 0.846. The molecule has 0 saturated carbocycles. The van der Waals surface area contributed by atoms with E-state index in [0.717, 1.165) is 5.69 Å². The largest absolute Gasteiger partial charge is 0.453 e. The Labute approximate surface area is 106 Å². The van der Waals surface area contributed by atoms with Crippen molar-refractivity contribution in [1.82, 2.24) is 14.9 Å². The molecule has 0 aliphatic carbocycles. The predicted molar refractivity (Wildman–Crippen MR) is 66.1 cm³/mol. The van der Waals surface area contributed by atoms with Gasteiger partial charge in [-0.15, -0.1) is 0 Å². The molecule has 6 heteroatoms. The van der Waals surface area contributed by atoms with Gasteiger partial charge in [-0.1, -0.05) is 13.8 Å². The number of imidazole rings is 1. The molecule has 0 fully saturated rings. The lowest BCUT2D eigenvalue weighted by Crippen LogP contribution is -2.44. The second-order valence-electron chi connectivity index (χ2n) is 4.48. The van der Waals surface area contributed by atoms with Gasteiger partial charge in [-0.3, -0.25) is 4.79 Å². The molecular weight excluding hydrogens is 234 g/mol. The monoisotopic (exact) mass is 253 g/mol. The molecule has 1 unspecified atom stereocenters. The molecular formula is C12H19N3O3. The molecule has 1 aromatic rings. The molecule has 0 aliphatic heterocycles. The van der Waals surface area contributed by atoms with Crippen molar-refractivity contribution in [3.05, 3.63) is 18.2 Å². The van der Waals surface area contributed by atoms with Crippen LogP contribution < -0.4 is 5.32 Å². The second kappa shape index (κ2) is 6.18. The first-order chi connectivity index (χ1) is 8.43. The van der Waals surface area contributed by atoms with Crippen LogP contribution in [0.5, 0.6) is 0 Å². The molecule has 100 valence electrons. The Morgan fingerprint density at radius 2 is 2.17 bits per heavy atom. The third-order valence-electron chi connectivity index (χ3n) is 2.56. The van der Waals surface area contributed by atoms with E-state index in [2.05, 4.69) is 15.0 Å². The number of amides is 1. The molecule has 18 heavy (non-hydrogen) atoms. The molecule has 1 aromatic heterocycles. The molecule has 0 aromatic carbocycles. The van der Waals surface area contributed by atoms with E-state index in [1.807, 2.05) is 13.2 Å². The molecule has 0 aliphatic rings. The average molecular weight is 253 g/mol. The number of hydrogen-bond acceptors (Lipinski definition) is 4. The van der Waals surface area contributed by atoms with Crippen LogP contribution in [-0.2, 0) is 23.0 Å². The lowest BCUT2D eigenvalue weighted by molar-refractivity contribution is -0.123. The molecule has 0 saturated heterocycles. The number of carbonyl (C=O) groups is 2. The van der Waals surface area contributed by atoms with Gasteiger partial charge in [0.25, 0.3) is 0 Å². The number of aryl methyl sites for hydroxylation is 1. The van der Waals surface area contributed by atoms with E-state index < -0.39 is 12.1 Å². The number of nitrogens with zero attached hydrogens (tertiary/aromatic N) is 2. The summed E-state index contributed by atoms with van der Waals surface area (Å²) in [7, 11) is 3.12. The lowest BCUT2D eigenvalue weighted by Gasteiger charge is -2.17. The van der Waals surface area contributed by atoms with E-state index >= 15 is 0 Å². The van der Waals surface area contributed by atoms with Gasteiger partial charge in [0.15, 0.2) is 5.78 Å². The van der Waals surface area contributed by atoms with Crippen molar-refractivity contribution in [2.24, 2.45) is 13.0 Å². The van der Waals surface area contributed by atoms with Crippen molar-refractivity contribution in [2.75, 3.05) is 7.11 Å². The van der Waals surface area contributed by atoms with Crippen LogP contribution in [0, 0.1) is 5.92 Å². The predicted octanol–water partition coefficient (Wildman–Crippen LogP) is 0.912. The van der Waals surface area contributed by atoms with Crippen LogP contribution in [0.15, 0.2) is 12.5 Å². The van der Waals surface area contributed by atoms with Gasteiger partial charge in [0, 0.05) is 25.6 Å². The molecule has 1 heterocycles. The van der Waals surface area contributed by atoms with E-state index in [1.54, 1.807) is 24.7 Å². The van der Waals surface area contributed by atoms with Gasteiger partial charge < -0.3 is 14.6 Å². The Balaban J connectivity index is 2.77. The van der Waals surface area contributed by atoms with Gasteiger partial charge in [0.05, 0.1) is 25.2 Å². The summed E-state index contributed by atoms with van der Waals surface area (Å²) in [6, 6.07) is -0.604. The van der Waals surface area contributed by atoms with Crippen molar-refractivity contribution in [1.29, 1.82) is 0 Å². The number of ether oxygens (including phenoxy) is 1. The number of alkyl carbamates (subject to hydrolysis) is 1. The Bertz CT molecular complexity index is 426. The zero-order chi connectivity index (χ0) is 13.7. The molecule has 1 atom stereocenters. The third-order valence-corrected chi connectivity index (χ3v) is 2.56. The second-order valence-corrected chi connectivity index (χ2v) is 4.48. The maximum Gasteiger partial charge on any atom is 0.407 e. The Morgan fingerprint density at radius 3 is 2.61 bits per heavy atom. The highest BCUT2D eigenvalue weighted by Gasteiger charge is 2.24. The summed E-state index contributed by atoms with van der Waals surface area (Å²) < 4.78 is 6.32. The van der Waals surface area contributed by atoms with Crippen LogP contribution in [0.2, 0.25) is 0 Å². The summed E-state index contributed by atoms with van der Waals surface area (Å²) in [5.41, 5.74) is 0.757. The van der Waals surface area contributed by atoms with Crippen LogP contribution in [0.4, 0.5) is 4.79 Å². The topological polar surface area (TPSA) is 73.2 Å². The molecule has 1 rings (SSSR count). The normalized spacial score (nSPS) is 12.3. The van der Waals surface area contributed by atoms with Crippen molar-refractivity contribution in [3.8, 4) is 0 Å². The summed E-state index contributed by atoms with van der Waals surface area (Å²) in [4.78, 5) is 27.4. The maximum atomic E-state index is 12.0. The number of rotatable bonds is 5. The van der Waals surface area contributed by atoms with E-state index in [-0.39, 0.29) is 11.7 Å². The van der Waals surface area contributed by atoms with Gasteiger partial charge in [0.2, 0.25) is 0 Å². The molecule has 6 nitrogen and oxygen atoms in total. The minimum absolute atomic E-state index is 0.0361. The average Bonchev–Trinajstić information content (AvgIpc) is 2.72. The Hall–Kier alpha value is -1.85. The molecule has 0 bridgehead atoms. The number of nitrogens with one attached hydrogen (secondary N) is 1. The molecule has 0 radical (unpaired) electrons. The van der Waals surface area contributed by atoms with Crippen molar-refractivity contribution < 1.29 is 14.3 Å². The highest BCUT2D eigenvalue weighted by Crippen LogP contribution is 2.07. The number of hydrogen-bond donors (Lipinski definition) is 1. The summed E-state index contributed by atoms with van der Waals surface area (Å²) in [6.45, 7) is 3.60. The highest BCUT2D eigenvalue weighted by atomic mass is 16.5. The number of methoxy groups -OCH3 is 1. The first-order valence-electron chi connectivity index (χ1n) is 5.79. The van der Waals surface area contributed by atoms with Crippen molar-refractivity contribution in [3.63, 3.8) is 0 Å². The summed E-state index contributed by atoms with van der Waals surface area (Å²) in [6.07, 6.45) is 3.24. The van der Waals surface area contributed by atoms with Crippen LogP contribution in [-0.4, -0.2) is 34.6 Å². The third kappa shape index (κ3) is 3.87. The highest BCUT2D eigenvalue weighted by molar-refractivity contribution is 5.88. The van der Waals surface area contributed by atoms with Gasteiger partial charge in [-0.2, -0.15) is 0 Å². The van der Waals surface area contributed by atoms with Gasteiger partial charge in [-0.25, -0.2) is 9.78 Å². The van der Waals surface area contributed by atoms with Crippen LogP contribution >= 0.6 is 0 Å². The van der Waals surface area contributed by atoms with Gasteiger partial charge in [-0.05, 0) is 0 Å². The van der Waals surface area contributed by atoms with Gasteiger partial charge >= 0.3 is 6.09 Å². The van der Waals surface area contributed by atoms with Crippen LogP contribution in [0.25, 0.3) is 0 Å². The zero-order valence-corrected chi connectivity index (χ0v) is 11.1. The lowest BCUT2D eigenvalue weighted by atomic mass is 9.98. The summed E-state index contributed by atoms with van der Waals surface area (Å²) in [5.74, 6) is -0.193. The minimum Gasteiger partial charge on any atom is -0.453 e. The number of aromatic nitrogens is 2. The number of ketones is 1. The molecule has 1 N–H and O–H groups in total. The summed E-state index contributed by atoms with van der Waals surface area (Å²) in [5, 5.41) is 2.55. The fourth-order valence-corrected chi connectivity index (χ4v) is 1.61. The number of Topliss-reactive ketones (excluding diaryl/α,β-unsaturated/α-hetero) is 1. The first kappa shape index (κ1) is 14.2. The van der Waals surface area contributed by atoms with Crippen molar-refractivity contribution in [2.45, 2.75) is 26.3 Å². The van der Waals surface area contributed by atoms with E-state index in [0.29, 0.717) is 6.42 Å². The van der Waals surface area contributed by atoms with E-state index in [4.69, 9.17) is 0 Å². The Kier molecular flexibility index (Phi) is 4.88. The fraction of sp³-hybridized carbons (Fsp3) is 0.583. The number of carbonyl (C=O) groups excluding carboxylic acids is 2. The van der Waals surface area contributed by atoms with Gasteiger partial charge in [0.1, 0.15) is 0 Å². The standard InChI is InChI=1S/C12H19N3O3/c1-8(2)11(16)10(14-12(17)18-4)5-9-6-15(3)7-13-9/h6-8,10H,5H2,1-4H3,(H,14,17). The van der Waals surface area contributed by atoms with Crippen LogP contribution in [0.3, 0.4) is 0 Å². The Morgan fingerprint density at radius 1 is 1.50 bits per heavy atom. The molecule has 0 spiro atoms. The van der Waals surface area contributed by atoms with E-state index in [9.17, 15) is 9.59 Å². The molecule has 1 amide bonds. The minimum atomic E-state index is -0.607. The smallest absolute Gasteiger partial charge is 0.407 e. The SMILES string of the molecule is COC(=O)NC(Cc1cn(C)cn1)C(=O)C(C)C. The maximum absolute atomic E-state index is 12.0.